The summed E-state index contributed by atoms with van der Waals surface area (Å²) < 4.78 is 5.40. The summed E-state index contributed by atoms with van der Waals surface area (Å²) in [7, 11) is 0. The van der Waals surface area contributed by atoms with Crippen LogP contribution in [0, 0.1) is 0 Å². The fourth-order valence-corrected chi connectivity index (χ4v) is 2.11. The molecule has 2 aromatic rings. The lowest BCUT2D eigenvalue weighted by Crippen LogP contribution is -2.30. The molecule has 2 rings (SSSR count). The van der Waals surface area contributed by atoms with Crippen LogP contribution in [0.4, 0.5) is 0 Å². The first-order valence-corrected chi connectivity index (χ1v) is 6.85. The van der Waals surface area contributed by atoms with Gasteiger partial charge in [-0.15, -0.1) is 0 Å². The van der Waals surface area contributed by atoms with Gasteiger partial charge in [-0.05, 0) is 30.7 Å². The Morgan fingerprint density at radius 2 is 2.05 bits per heavy atom. The Hall–Kier alpha value is -1.78. The Bertz CT molecular complexity index is 595. The van der Waals surface area contributed by atoms with E-state index in [2.05, 4.69) is 0 Å². The molecule has 0 saturated heterocycles. The van der Waals surface area contributed by atoms with E-state index in [0.29, 0.717) is 29.6 Å². The molecule has 0 spiro atoms. The lowest BCUT2D eigenvalue weighted by molar-refractivity contribution is 0.0718. The largest absolute Gasteiger partial charge is 0.455 e. The van der Waals surface area contributed by atoms with E-state index >= 15 is 0 Å². The summed E-state index contributed by atoms with van der Waals surface area (Å²) in [6.45, 7) is 3.22. The fraction of sp³-hybridized carbons (Fsp3) is 0.267. The molecule has 106 valence electrons. The van der Waals surface area contributed by atoms with Crippen LogP contribution in [0.2, 0.25) is 5.02 Å². The molecule has 0 fully saturated rings. The molecule has 5 heteroatoms. The van der Waals surface area contributed by atoms with Crippen LogP contribution >= 0.6 is 11.6 Å². The maximum Gasteiger partial charge on any atom is 0.289 e. The maximum absolute atomic E-state index is 12.4. The van der Waals surface area contributed by atoms with Crippen LogP contribution in [-0.4, -0.2) is 17.4 Å². The van der Waals surface area contributed by atoms with Gasteiger partial charge < -0.3 is 15.1 Å². The standard InChI is InChI=1S/C15H17ClN2O2/c1-2-18(10-11-5-3-4-6-13(11)16)15(19)14-8-7-12(9-17)20-14/h3-8H,2,9-10,17H2,1H3. The van der Waals surface area contributed by atoms with Gasteiger partial charge in [0.05, 0.1) is 6.54 Å². The van der Waals surface area contributed by atoms with Crippen LogP contribution in [0.3, 0.4) is 0 Å². The van der Waals surface area contributed by atoms with Crippen molar-refractivity contribution in [2.45, 2.75) is 20.0 Å². The van der Waals surface area contributed by atoms with E-state index in [1.54, 1.807) is 17.0 Å². The number of amides is 1. The smallest absolute Gasteiger partial charge is 0.289 e. The normalized spacial score (nSPS) is 10.6. The summed E-state index contributed by atoms with van der Waals surface area (Å²) >= 11 is 6.12. The zero-order chi connectivity index (χ0) is 14.5. The number of rotatable bonds is 5. The van der Waals surface area contributed by atoms with Crippen molar-refractivity contribution >= 4 is 17.5 Å². The van der Waals surface area contributed by atoms with E-state index < -0.39 is 0 Å². The van der Waals surface area contributed by atoms with Crippen LogP contribution < -0.4 is 5.73 Å². The highest BCUT2D eigenvalue weighted by Gasteiger charge is 2.18. The Labute approximate surface area is 123 Å². The van der Waals surface area contributed by atoms with E-state index in [1.807, 2.05) is 31.2 Å². The zero-order valence-corrected chi connectivity index (χ0v) is 12.1. The summed E-state index contributed by atoms with van der Waals surface area (Å²) in [5.41, 5.74) is 6.39. The Morgan fingerprint density at radius 1 is 1.30 bits per heavy atom. The summed E-state index contributed by atoms with van der Waals surface area (Å²) in [5.74, 6) is 0.744. The Kier molecular flexibility index (Phi) is 4.82. The highest BCUT2D eigenvalue weighted by Crippen LogP contribution is 2.19. The molecule has 0 aliphatic carbocycles. The molecular formula is C15H17ClN2O2. The summed E-state index contributed by atoms with van der Waals surface area (Å²) in [4.78, 5) is 14.0. The minimum Gasteiger partial charge on any atom is -0.455 e. The fourth-order valence-electron chi connectivity index (χ4n) is 1.92. The van der Waals surface area contributed by atoms with E-state index in [1.165, 1.54) is 0 Å². The molecule has 1 aromatic heterocycles. The van der Waals surface area contributed by atoms with Gasteiger partial charge in [0.1, 0.15) is 5.76 Å². The molecule has 0 unspecified atom stereocenters. The highest BCUT2D eigenvalue weighted by molar-refractivity contribution is 6.31. The molecule has 2 N–H and O–H groups in total. The molecule has 0 bridgehead atoms. The second-order valence-corrected chi connectivity index (χ2v) is 4.79. The highest BCUT2D eigenvalue weighted by atomic mass is 35.5. The van der Waals surface area contributed by atoms with Gasteiger partial charge in [-0.3, -0.25) is 4.79 Å². The van der Waals surface area contributed by atoms with Crippen LogP contribution in [0.15, 0.2) is 40.8 Å². The molecular weight excluding hydrogens is 276 g/mol. The number of nitrogens with zero attached hydrogens (tertiary/aromatic N) is 1. The van der Waals surface area contributed by atoms with Gasteiger partial charge >= 0.3 is 0 Å². The van der Waals surface area contributed by atoms with Crippen molar-refractivity contribution in [2.75, 3.05) is 6.54 Å². The summed E-state index contributed by atoms with van der Waals surface area (Å²) in [6, 6.07) is 10.9. The number of nitrogens with two attached hydrogens (primary N) is 1. The number of carbonyl (C=O) groups excluding carboxylic acids is 1. The van der Waals surface area contributed by atoms with E-state index in [-0.39, 0.29) is 12.5 Å². The van der Waals surface area contributed by atoms with Crippen LogP contribution in [-0.2, 0) is 13.1 Å². The van der Waals surface area contributed by atoms with Crippen LogP contribution in [0.5, 0.6) is 0 Å². The average Bonchev–Trinajstić information content (AvgIpc) is 2.94. The molecule has 0 radical (unpaired) electrons. The lowest BCUT2D eigenvalue weighted by Gasteiger charge is -2.20. The predicted octanol–water partition coefficient (Wildman–Crippen LogP) is 3.05. The number of halogens is 1. The van der Waals surface area contributed by atoms with Gasteiger partial charge in [-0.2, -0.15) is 0 Å². The van der Waals surface area contributed by atoms with E-state index in [9.17, 15) is 4.79 Å². The number of hydrogen-bond acceptors (Lipinski definition) is 3. The Morgan fingerprint density at radius 3 is 2.65 bits per heavy atom. The molecule has 0 saturated carbocycles. The van der Waals surface area contributed by atoms with Gasteiger partial charge in [0.15, 0.2) is 5.76 Å². The monoisotopic (exact) mass is 292 g/mol. The van der Waals surface area contributed by atoms with Crippen molar-refractivity contribution < 1.29 is 9.21 Å². The van der Waals surface area contributed by atoms with Crippen molar-refractivity contribution in [2.24, 2.45) is 5.73 Å². The Balaban J connectivity index is 2.15. The first-order valence-electron chi connectivity index (χ1n) is 6.47. The second-order valence-electron chi connectivity index (χ2n) is 4.38. The number of hydrogen-bond donors (Lipinski definition) is 1. The van der Waals surface area contributed by atoms with Crippen molar-refractivity contribution in [1.29, 1.82) is 0 Å². The summed E-state index contributed by atoms with van der Waals surface area (Å²) in [5, 5.41) is 0.654. The number of benzene rings is 1. The third kappa shape index (κ3) is 3.21. The van der Waals surface area contributed by atoms with Crippen molar-refractivity contribution in [3.63, 3.8) is 0 Å². The minimum absolute atomic E-state index is 0.160. The second kappa shape index (κ2) is 6.59. The van der Waals surface area contributed by atoms with Crippen molar-refractivity contribution in [1.82, 2.24) is 4.90 Å². The lowest BCUT2D eigenvalue weighted by atomic mass is 10.2. The average molecular weight is 293 g/mol. The van der Waals surface area contributed by atoms with Gasteiger partial charge in [0.25, 0.3) is 5.91 Å². The first kappa shape index (κ1) is 14.6. The van der Waals surface area contributed by atoms with Gasteiger partial charge in [-0.25, -0.2) is 0 Å². The van der Waals surface area contributed by atoms with Crippen LogP contribution in [0.25, 0.3) is 0 Å². The van der Waals surface area contributed by atoms with Gasteiger partial charge in [-0.1, -0.05) is 29.8 Å². The van der Waals surface area contributed by atoms with Crippen molar-refractivity contribution in [3.8, 4) is 0 Å². The molecule has 0 aliphatic heterocycles. The SMILES string of the molecule is CCN(Cc1ccccc1Cl)C(=O)c1ccc(CN)o1. The van der Waals surface area contributed by atoms with Gasteiger partial charge in [0, 0.05) is 18.1 Å². The molecule has 0 atom stereocenters. The molecule has 1 aromatic carbocycles. The third-order valence-electron chi connectivity index (χ3n) is 3.06. The topological polar surface area (TPSA) is 59.5 Å². The van der Waals surface area contributed by atoms with Crippen molar-refractivity contribution in [3.05, 3.63) is 58.5 Å². The summed E-state index contributed by atoms with van der Waals surface area (Å²) in [6.07, 6.45) is 0. The number of furan rings is 1. The van der Waals surface area contributed by atoms with Gasteiger partial charge in [0.2, 0.25) is 0 Å². The minimum atomic E-state index is -0.160. The molecule has 20 heavy (non-hydrogen) atoms. The van der Waals surface area contributed by atoms with Crippen LogP contribution in [0.1, 0.15) is 28.8 Å². The third-order valence-corrected chi connectivity index (χ3v) is 3.43. The van der Waals surface area contributed by atoms with E-state index in [0.717, 1.165) is 5.56 Å². The van der Waals surface area contributed by atoms with E-state index in [4.69, 9.17) is 21.8 Å². The molecule has 0 aliphatic rings. The molecule has 1 amide bonds. The maximum atomic E-state index is 12.4. The number of carbonyl (C=O) groups is 1. The predicted molar refractivity (Wildman–Crippen MR) is 78.5 cm³/mol. The quantitative estimate of drug-likeness (QED) is 0.921. The first-order chi connectivity index (χ1) is 9.65. The zero-order valence-electron chi connectivity index (χ0n) is 11.3. The molecule has 4 nitrogen and oxygen atoms in total. The molecule has 1 heterocycles.